The molecule has 1 saturated heterocycles. The molecule has 1 heterocycles. The molecule has 21 heavy (non-hydrogen) atoms. The van der Waals surface area contributed by atoms with Crippen LogP contribution in [0.5, 0.6) is 5.75 Å². The normalized spacial score (nSPS) is 21.4. The minimum atomic E-state index is -0.246. The molecular formula is C16H24ClFN2O. The zero-order valence-corrected chi connectivity index (χ0v) is 13.3. The van der Waals surface area contributed by atoms with E-state index in [-0.39, 0.29) is 18.2 Å². The second kappa shape index (κ2) is 7.43. The topological polar surface area (TPSA) is 24.5 Å². The first kappa shape index (κ1) is 16.5. The highest BCUT2D eigenvalue weighted by atomic mass is 35.5. The van der Waals surface area contributed by atoms with Gasteiger partial charge in [-0.3, -0.25) is 4.90 Å². The second-order valence-corrected chi connectivity index (χ2v) is 5.75. The van der Waals surface area contributed by atoms with Gasteiger partial charge in [-0.15, -0.1) is 12.4 Å². The van der Waals surface area contributed by atoms with E-state index < -0.39 is 0 Å². The SMILES string of the molecule is CCOc1ccc(CN(C2CC2)C2CCNC2)cc1F.Cl. The van der Waals surface area contributed by atoms with E-state index in [9.17, 15) is 4.39 Å². The summed E-state index contributed by atoms with van der Waals surface area (Å²) in [5, 5.41) is 3.42. The maximum atomic E-state index is 13.9. The summed E-state index contributed by atoms with van der Waals surface area (Å²) in [6, 6.07) is 6.69. The van der Waals surface area contributed by atoms with E-state index >= 15 is 0 Å². The molecule has 118 valence electrons. The van der Waals surface area contributed by atoms with Gasteiger partial charge in [0.15, 0.2) is 11.6 Å². The fraction of sp³-hybridized carbons (Fsp3) is 0.625. The van der Waals surface area contributed by atoms with Crippen LogP contribution in [0, 0.1) is 5.82 Å². The molecule has 3 nitrogen and oxygen atoms in total. The van der Waals surface area contributed by atoms with Crippen molar-refractivity contribution in [3.8, 4) is 5.75 Å². The van der Waals surface area contributed by atoms with Crippen LogP contribution in [0.3, 0.4) is 0 Å². The van der Waals surface area contributed by atoms with Crippen LogP contribution in [0.25, 0.3) is 0 Å². The highest BCUT2D eigenvalue weighted by Gasteiger charge is 2.35. The summed E-state index contributed by atoms with van der Waals surface area (Å²) in [4.78, 5) is 2.55. The Balaban J connectivity index is 0.00000161. The van der Waals surface area contributed by atoms with Gasteiger partial charge in [-0.2, -0.15) is 0 Å². The number of hydrogen-bond donors (Lipinski definition) is 1. The lowest BCUT2D eigenvalue weighted by Gasteiger charge is -2.28. The number of benzene rings is 1. The first-order chi connectivity index (χ1) is 9.78. The summed E-state index contributed by atoms with van der Waals surface area (Å²) < 4.78 is 19.2. The third-order valence-electron chi connectivity index (χ3n) is 4.18. The van der Waals surface area contributed by atoms with Crippen molar-refractivity contribution in [1.82, 2.24) is 10.2 Å². The predicted octanol–water partition coefficient (Wildman–Crippen LogP) is 2.97. The molecule has 0 spiro atoms. The summed E-state index contributed by atoms with van der Waals surface area (Å²) in [5.41, 5.74) is 1.05. The first-order valence-corrected chi connectivity index (χ1v) is 7.65. The standard InChI is InChI=1S/C16H23FN2O.ClH/c1-2-20-16-6-3-12(9-15(16)17)11-19(13-4-5-13)14-7-8-18-10-14;/h3,6,9,13-14,18H,2,4-5,7-8,10-11H2,1H3;1H. The number of hydrogen-bond acceptors (Lipinski definition) is 3. The van der Waals surface area contributed by atoms with Gasteiger partial charge in [-0.25, -0.2) is 4.39 Å². The van der Waals surface area contributed by atoms with Gasteiger partial charge in [-0.05, 0) is 50.4 Å². The summed E-state index contributed by atoms with van der Waals surface area (Å²) in [6.07, 6.45) is 3.78. The van der Waals surface area contributed by atoms with E-state index in [1.165, 1.54) is 19.3 Å². The van der Waals surface area contributed by atoms with Crippen LogP contribution in [-0.2, 0) is 6.54 Å². The van der Waals surface area contributed by atoms with E-state index in [1.807, 2.05) is 13.0 Å². The molecule has 2 aliphatic rings. The fourth-order valence-electron chi connectivity index (χ4n) is 3.01. The Morgan fingerprint density at radius 1 is 1.29 bits per heavy atom. The van der Waals surface area contributed by atoms with Crippen LogP contribution in [0.15, 0.2) is 18.2 Å². The highest BCUT2D eigenvalue weighted by molar-refractivity contribution is 5.85. The molecule has 1 aliphatic carbocycles. The van der Waals surface area contributed by atoms with Crippen molar-refractivity contribution < 1.29 is 9.13 Å². The molecule has 1 atom stereocenters. The molecule has 0 aromatic heterocycles. The van der Waals surface area contributed by atoms with Crippen molar-refractivity contribution in [3.05, 3.63) is 29.6 Å². The monoisotopic (exact) mass is 314 g/mol. The zero-order valence-electron chi connectivity index (χ0n) is 12.5. The summed E-state index contributed by atoms with van der Waals surface area (Å²) in [5.74, 6) is 0.112. The van der Waals surface area contributed by atoms with E-state index in [1.54, 1.807) is 12.1 Å². The zero-order chi connectivity index (χ0) is 13.9. The molecule has 1 N–H and O–H groups in total. The Bertz CT molecular complexity index is 462. The van der Waals surface area contributed by atoms with E-state index in [4.69, 9.17) is 4.74 Å². The lowest BCUT2D eigenvalue weighted by Crippen LogP contribution is -2.38. The minimum Gasteiger partial charge on any atom is -0.491 e. The van der Waals surface area contributed by atoms with Gasteiger partial charge >= 0.3 is 0 Å². The molecule has 1 aliphatic heterocycles. The average molecular weight is 315 g/mol. The Kier molecular flexibility index (Phi) is 5.85. The molecule has 0 bridgehead atoms. The number of nitrogens with zero attached hydrogens (tertiary/aromatic N) is 1. The average Bonchev–Trinajstić information content (AvgIpc) is 3.13. The quantitative estimate of drug-likeness (QED) is 0.873. The van der Waals surface area contributed by atoms with Gasteiger partial charge in [0.2, 0.25) is 0 Å². The number of nitrogens with one attached hydrogen (secondary N) is 1. The number of halogens is 2. The van der Waals surface area contributed by atoms with Gasteiger partial charge in [-0.1, -0.05) is 6.07 Å². The van der Waals surface area contributed by atoms with Crippen molar-refractivity contribution in [2.24, 2.45) is 0 Å². The van der Waals surface area contributed by atoms with Crippen molar-refractivity contribution in [2.75, 3.05) is 19.7 Å². The van der Waals surface area contributed by atoms with E-state index in [2.05, 4.69) is 10.2 Å². The van der Waals surface area contributed by atoms with E-state index in [0.29, 0.717) is 24.4 Å². The molecule has 3 rings (SSSR count). The lowest BCUT2D eigenvalue weighted by atomic mass is 10.1. The van der Waals surface area contributed by atoms with Crippen LogP contribution < -0.4 is 10.1 Å². The number of ether oxygens (including phenoxy) is 1. The smallest absolute Gasteiger partial charge is 0.165 e. The maximum absolute atomic E-state index is 13.9. The lowest BCUT2D eigenvalue weighted by molar-refractivity contribution is 0.188. The van der Waals surface area contributed by atoms with Gasteiger partial charge in [0, 0.05) is 25.2 Å². The van der Waals surface area contributed by atoms with Crippen LogP contribution in [-0.4, -0.2) is 36.7 Å². The molecular weight excluding hydrogens is 291 g/mol. The van der Waals surface area contributed by atoms with Gasteiger partial charge in [0.25, 0.3) is 0 Å². The van der Waals surface area contributed by atoms with Crippen LogP contribution in [0.4, 0.5) is 4.39 Å². The van der Waals surface area contributed by atoms with Crippen LogP contribution in [0.1, 0.15) is 31.7 Å². The summed E-state index contributed by atoms with van der Waals surface area (Å²) in [7, 11) is 0. The maximum Gasteiger partial charge on any atom is 0.165 e. The molecule has 1 aromatic carbocycles. The van der Waals surface area contributed by atoms with Crippen molar-refractivity contribution in [3.63, 3.8) is 0 Å². The Hall–Kier alpha value is -0.840. The predicted molar refractivity (Wildman–Crippen MR) is 84.7 cm³/mol. The van der Waals surface area contributed by atoms with Gasteiger partial charge in [0.05, 0.1) is 6.61 Å². The molecule has 1 unspecified atom stereocenters. The molecule has 0 amide bonds. The Morgan fingerprint density at radius 2 is 2.10 bits per heavy atom. The second-order valence-electron chi connectivity index (χ2n) is 5.75. The van der Waals surface area contributed by atoms with Crippen LogP contribution >= 0.6 is 12.4 Å². The van der Waals surface area contributed by atoms with Gasteiger partial charge in [0.1, 0.15) is 0 Å². The first-order valence-electron chi connectivity index (χ1n) is 7.65. The minimum absolute atomic E-state index is 0. The Labute approximate surface area is 132 Å². The highest BCUT2D eigenvalue weighted by Crippen LogP contribution is 2.32. The molecule has 2 fully saturated rings. The summed E-state index contributed by atoms with van der Waals surface area (Å²) >= 11 is 0. The van der Waals surface area contributed by atoms with E-state index in [0.717, 1.165) is 25.2 Å². The summed E-state index contributed by atoms with van der Waals surface area (Å²) in [6.45, 7) is 5.38. The molecule has 5 heteroatoms. The third kappa shape index (κ3) is 4.09. The fourth-order valence-corrected chi connectivity index (χ4v) is 3.01. The number of rotatable bonds is 6. The van der Waals surface area contributed by atoms with Crippen molar-refractivity contribution in [2.45, 2.75) is 44.8 Å². The van der Waals surface area contributed by atoms with Crippen molar-refractivity contribution >= 4 is 12.4 Å². The Morgan fingerprint density at radius 3 is 2.67 bits per heavy atom. The van der Waals surface area contributed by atoms with Crippen molar-refractivity contribution in [1.29, 1.82) is 0 Å². The molecule has 1 saturated carbocycles. The largest absolute Gasteiger partial charge is 0.491 e. The van der Waals surface area contributed by atoms with Crippen LogP contribution in [0.2, 0.25) is 0 Å². The van der Waals surface area contributed by atoms with Gasteiger partial charge < -0.3 is 10.1 Å². The molecule has 0 radical (unpaired) electrons. The third-order valence-corrected chi connectivity index (χ3v) is 4.18. The molecule has 1 aromatic rings.